The van der Waals surface area contributed by atoms with Gasteiger partial charge in [-0.2, -0.15) is 0 Å². The summed E-state index contributed by atoms with van der Waals surface area (Å²) in [5, 5.41) is 9.47. The topological polar surface area (TPSA) is 70.7 Å². The lowest BCUT2D eigenvalue weighted by Crippen LogP contribution is -2.44. The van der Waals surface area contributed by atoms with Gasteiger partial charge in [0, 0.05) is 30.4 Å². The number of likely N-dealkylation sites (tertiary alicyclic amines) is 1. The van der Waals surface area contributed by atoms with Crippen LogP contribution in [0.2, 0.25) is 0 Å². The van der Waals surface area contributed by atoms with Crippen LogP contribution >= 0.6 is 0 Å². The highest BCUT2D eigenvalue weighted by atomic mass is 19.1. The summed E-state index contributed by atoms with van der Waals surface area (Å²) in [5.74, 6) is 0.473. The predicted octanol–water partition coefficient (Wildman–Crippen LogP) is 7.87. The molecule has 5 atom stereocenters. The molecule has 0 radical (unpaired) electrons. The third kappa shape index (κ3) is 6.20. The Balaban J connectivity index is 1.19. The second kappa shape index (κ2) is 13.3. The molecule has 0 bridgehead atoms. The molecule has 1 aromatic heterocycles. The third-order valence-electron chi connectivity index (χ3n) is 10.6. The van der Waals surface area contributed by atoms with Crippen LogP contribution in [-0.4, -0.2) is 57.8 Å². The van der Waals surface area contributed by atoms with Gasteiger partial charge in [0.25, 0.3) is 0 Å². The molecule has 0 aliphatic carbocycles. The van der Waals surface area contributed by atoms with E-state index in [0.717, 1.165) is 99.8 Å². The standard InChI is InChI=1S/C35H50F2N6O/c1-22(2)29(40-44)11-6-16-41-17-7-13-33(41)35-38-30-15-14-25(19-31(30)39-35)32-12-8-18-42(32)26-20-27(36)34(28(37)21-26)43-23(3)9-5-10-24(43)4/h14-15,19-24,29,32-33,40,44H,5-13,16-18H2,1-4H3,(H,38,39)/t23-,24+,29-,32-,33+/m1/s1. The number of hydroxylamine groups is 1. The number of halogens is 2. The van der Waals surface area contributed by atoms with Crippen molar-refractivity contribution in [2.75, 3.05) is 29.4 Å². The van der Waals surface area contributed by atoms with E-state index in [1.54, 1.807) is 12.1 Å². The Morgan fingerprint density at radius 2 is 1.66 bits per heavy atom. The van der Waals surface area contributed by atoms with Crippen LogP contribution < -0.4 is 15.3 Å². The SMILES string of the molecule is CC(C)[C@@H](CCCN1CCC[C@H]1c1nc2ccc([C@H]3CCCN3c3cc(F)c(N4[C@H](C)CCC[C@@H]4C)c(F)c3)cc2[nH]1)NO. The molecular formula is C35H50F2N6O. The predicted molar refractivity (Wildman–Crippen MR) is 173 cm³/mol. The fourth-order valence-corrected chi connectivity index (χ4v) is 8.13. The number of hydrogen-bond acceptors (Lipinski definition) is 6. The molecule has 3 saturated heterocycles. The fraction of sp³-hybridized carbons (Fsp3) is 0.629. The Hall–Kier alpha value is -2.75. The van der Waals surface area contributed by atoms with Crippen molar-refractivity contribution >= 4 is 22.4 Å². The average Bonchev–Trinajstić information content (AvgIpc) is 3.75. The number of hydrogen-bond donors (Lipinski definition) is 3. The van der Waals surface area contributed by atoms with E-state index in [4.69, 9.17) is 4.98 Å². The molecule has 44 heavy (non-hydrogen) atoms. The molecule has 0 unspecified atom stereocenters. The fourth-order valence-electron chi connectivity index (χ4n) is 8.13. The van der Waals surface area contributed by atoms with Crippen molar-refractivity contribution in [2.45, 2.75) is 116 Å². The maximum Gasteiger partial charge on any atom is 0.151 e. The van der Waals surface area contributed by atoms with E-state index in [1.165, 1.54) is 0 Å². The summed E-state index contributed by atoms with van der Waals surface area (Å²) >= 11 is 0. The molecule has 0 spiro atoms. The van der Waals surface area contributed by atoms with Crippen molar-refractivity contribution in [3.05, 3.63) is 53.4 Å². The normalized spacial score (nSPS) is 25.5. The van der Waals surface area contributed by atoms with Crippen molar-refractivity contribution in [1.82, 2.24) is 20.3 Å². The molecule has 240 valence electrons. The van der Waals surface area contributed by atoms with E-state index in [1.807, 2.05) is 4.90 Å². The number of nitrogens with zero attached hydrogens (tertiary/aromatic N) is 4. The van der Waals surface area contributed by atoms with Crippen LogP contribution in [0.5, 0.6) is 0 Å². The minimum absolute atomic E-state index is 0.0562. The molecule has 6 rings (SSSR count). The lowest BCUT2D eigenvalue weighted by Gasteiger charge is -2.41. The van der Waals surface area contributed by atoms with Crippen LogP contribution in [-0.2, 0) is 0 Å². The molecule has 2 aromatic carbocycles. The summed E-state index contributed by atoms with van der Waals surface area (Å²) in [6.07, 6.45) is 9.11. The molecule has 7 nitrogen and oxygen atoms in total. The van der Waals surface area contributed by atoms with E-state index < -0.39 is 11.6 Å². The number of piperidine rings is 1. The number of anilines is 2. The van der Waals surface area contributed by atoms with Crippen molar-refractivity contribution in [3.63, 3.8) is 0 Å². The number of aromatic amines is 1. The van der Waals surface area contributed by atoms with Gasteiger partial charge in [0.15, 0.2) is 11.6 Å². The van der Waals surface area contributed by atoms with Gasteiger partial charge in [-0.05, 0) is 120 Å². The number of imidazole rings is 1. The van der Waals surface area contributed by atoms with Gasteiger partial charge in [0.1, 0.15) is 11.5 Å². The van der Waals surface area contributed by atoms with Crippen LogP contribution in [0, 0.1) is 17.6 Å². The average molecular weight is 609 g/mol. The number of nitrogens with one attached hydrogen (secondary N) is 2. The van der Waals surface area contributed by atoms with E-state index >= 15 is 8.78 Å². The van der Waals surface area contributed by atoms with Crippen LogP contribution in [0.25, 0.3) is 11.0 Å². The lowest BCUT2D eigenvalue weighted by molar-refractivity contribution is 0.0961. The van der Waals surface area contributed by atoms with Crippen molar-refractivity contribution < 1.29 is 14.0 Å². The van der Waals surface area contributed by atoms with Crippen molar-refractivity contribution in [2.24, 2.45) is 5.92 Å². The second-order valence-corrected chi connectivity index (χ2v) is 13.9. The van der Waals surface area contributed by atoms with Crippen molar-refractivity contribution in [1.29, 1.82) is 0 Å². The quantitative estimate of drug-likeness (QED) is 0.204. The van der Waals surface area contributed by atoms with Gasteiger partial charge in [0.05, 0.1) is 23.1 Å². The third-order valence-corrected chi connectivity index (χ3v) is 10.6. The highest BCUT2D eigenvalue weighted by Gasteiger charge is 2.33. The second-order valence-electron chi connectivity index (χ2n) is 13.9. The van der Waals surface area contributed by atoms with Gasteiger partial charge < -0.3 is 20.0 Å². The minimum atomic E-state index is -0.464. The zero-order valence-corrected chi connectivity index (χ0v) is 26.8. The van der Waals surface area contributed by atoms with Crippen LogP contribution in [0.3, 0.4) is 0 Å². The molecule has 9 heteroatoms. The first-order valence-electron chi connectivity index (χ1n) is 16.9. The zero-order chi connectivity index (χ0) is 31.0. The molecule has 3 N–H and O–H groups in total. The van der Waals surface area contributed by atoms with Crippen LogP contribution in [0.4, 0.5) is 20.2 Å². The number of benzene rings is 2. The smallest absolute Gasteiger partial charge is 0.151 e. The molecule has 3 fully saturated rings. The van der Waals surface area contributed by atoms with Crippen LogP contribution in [0.15, 0.2) is 30.3 Å². The molecule has 3 aliphatic heterocycles. The highest BCUT2D eigenvalue weighted by Crippen LogP contribution is 2.41. The minimum Gasteiger partial charge on any atom is -0.364 e. The molecular weight excluding hydrogens is 558 g/mol. The first-order valence-corrected chi connectivity index (χ1v) is 16.9. The number of H-pyrrole nitrogens is 1. The summed E-state index contributed by atoms with van der Waals surface area (Å²) < 4.78 is 31.3. The first-order chi connectivity index (χ1) is 21.2. The van der Waals surface area contributed by atoms with Crippen LogP contribution in [0.1, 0.15) is 109 Å². The number of fused-ring (bicyclic) bond motifs is 1. The zero-order valence-electron chi connectivity index (χ0n) is 26.8. The van der Waals surface area contributed by atoms with Gasteiger partial charge in [0.2, 0.25) is 0 Å². The first kappa shape index (κ1) is 31.2. The summed E-state index contributed by atoms with van der Waals surface area (Å²) in [5.41, 5.74) is 6.33. The van der Waals surface area contributed by atoms with Gasteiger partial charge in [-0.3, -0.25) is 4.90 Å². The molecule has 3 aromatic rings. The van der Waals surface area contributed by atoms with Gasteiger partial charge >= 0.3 is 0 Å². The maximum absolute atomic E-state index is 15.6. The summed E-state index contributed by atoms with van der Waals surface area (Å²) in [4.78, 5) is 15.3. The van der Waals surface area contributed by atoms with E-state index in [2.05, 4.69) is 66.2 Å². The number of aromatic nitrogens is 2. The molecule has 0 amide bonds. The summed E-state index contributed by atoms with van der Waals surface area (Å²) in [7, 11) is 0. The van der Waals surface area contributed by atoms with Gasteiger partial charge in [-0.15, -0.1) is 0 Å². The van der Waals surface area contributed by atoms with Gasteiger partial charge in [-0.25, -0.2) is 19.2 Å². The molecule has 0 saturated carbocycles. The molecule has 4 heterocycles. The van der Waals surface area contributed by atoms with E-state index in [-0.39, 0.29) is 35.9 Å². The Bertz CT molecular complexity index is 1390. The number of rotatable bonds is 10. The van der Waals surface area contributed by atoms with Crippen molar-refractivity contribution in [3.8, 4) is 0 Å². The highest BCUT2D eigenvalue weighted by molar-refractivity contribution is 5.76. The maximum atomic E-state index is 15.6. The lowest BCUT2D eigenvalue weighted by atomic mass is 9.96. The monoisotopic (exact) mass is 608 g/mol. The summed E-state index contributed by atoms with van der Waals surface area (Å²) in [6, 6.07) is 10.2. The van der Waals surface area contributed by atoms with E-state index in [9.17, 15) is 5.21 Å². The largest absolute Gasteiger partial charge is 0.364 e. The Morgan fingerprint density at radius 1 is 0.955 bits per heavy atom. The van der Waals surface area contributed by atoms with Gasteiger partial charge in [-0.1, -0.05) is 19.9 Å². The summed E-state index contributed by atoms with van der Waals surface area (Å²) in [6.45, 7) is 11.2. The Morgan fingerprint density at radius 3 is 2.36 bits per heavy atom. The molecule has 3 aliphatic rings. The Kier molecular flexibility index (Phi) is 9.45. The Labute approximate surface area is 261 Å². The van der Waals surface area contributed by atoms with E-state index in [0.29, 0.717) is 11.6 Å².